The molecular weight excluding hydrogens is 196 g/mol. The first-order chi connectivity index (χ1) is 7.36. The van der Waals surface area contributed by atoms with E-state index in [1.165, 1.54) is 39.0 Å². The Balaban J connectivity index is 2.16. The Hall–Kier alpha value is -0.0800. The van der Waals surface area contributed by atoms with E-state index in [2.05, 4.69) is 44.5 Å². The average Bonchev–Trinajstić information content (AvgIpc) is 2.11. The van der Waals surface area contributed by atoms with Crippen molar-refractivity contribution in [1.29, 1.82) is 0 Å². The van der Waals surface area contributed by atoms with E-state index in [9.17, 15) is 0 Å². The second-order valence-electron chi connectivity index (χ2n) is 7.13. The van der Waals surface area contributed by atoms with Crippen LogP contribution in [0.5, 0.6) is 0 Å². The highest BCUT2D eigenvalue weighted by atomic mass is 15.2. The summed E-state index contributed by atoms with van der Waals surface area (Å²) in [6.07, 6.45) is 2.69. The van der Waals surface area contributed by atoms with Crippen LogP contribution in [0.2, 0.25) is 0 Å². The van der Waals surface area contributed by atoms with Crippen LogP contribution in [-0.2, 0) is 0 Å². The summed E-state index contributed by atoms with van der Waals surface area (Å²) in [6.45, 7) is 14.8. The predicted molar refractivity (Wildman–Crippen MR) is 69.7 cm³/mol. The van der Waals surface area contributed by atoms with Crippen molar-refractivity contribution < 1.29 is 0 Å². The van der Waals surface area contributed by atoms with Gasteiger partial charge in [0.15, 0.2) is 0 Å². The third-order valence-electron chi connectivity index (χ3n) is 4.54. The van der Waals surface area contributed by atoms with E-state index in [4.69, 9.17) is 0 Å². The van der Waals surface area contributed by atoms with Crippen LogP contribution in [0.4, 0.5) is 0 Å². The molecule has 2 aliphatic rings. The Morgan fingerprint density at radius 2 is 1.56 bits per heavy atom. The van der Waals surface area contributed by atoms with Gasteiger partial charge in [-0.1, -0.05) is 20.8 Å². The van der Waals surface area contributed by atoms with Crippen LogP contribution in [-0.4, -0.2) is 49.1 Å². The monoisotopic (exact) mass is 224 g/mol. The van der Waals surface area contributed by atoms with Gasteiger partial charge >= 0.3 is 0 Å². The minimum atomic E-state index is 0.517. The lowest BCUT2D eigenvalue weighted by molar-refractivity contribution is -0.0777. The minimum absolute atomic E-state index is 0.517. The van der Waals surface area contributed by atoms with E-state index < -0.39 is 0 Å². The molecule has 0 N–H and O–H groups in total. The summed E-state index contributed by atoms with van der Waals surface area (Å²) in [7, 11) is 2.29. The van der Waals surface area contributed by atoms with Crippen molar-refractivity contribution in [2.45, 2.75) is 46.6 Å². The van der Waals surface area contributed by atoms with Crippen LogP contribution >= 0.6 is 0 Å². The topological polar surface area (TPSA) is 6.48 Å². The van der Waals surface area contributed by atoms with Gasteiger partial charge in [0.2, 0.25) is 0 Å². The molecule has 2 aliphatic heterocycles. The van der Waals surface area contributed by atoms with E-state index in [0.29, 0.717) is 10.8 Å². The maximum absolute atomic E-state index is 2.73. The molecule has 2 nitrogen and oxygen atoms in total. The third-order valence-corrected chi connectivity index (χ3v) is 4.54. The van der Waals surface area contributed by atoms with Gasteiger partial charge in [0.25, 0.3) is 0 Å². The van der Waals surface area contributed by atoms with Crippen LogP contribution in [0.15, 0.2) is 0 Å². The molecule has 0 radical (unpaired) electrons. The van der Waals surface area contributed by atoms with E-state index in [0.717, 1.165) is 6.04 Å². The smallest absolute Gasteiger partial charge is 0.00647 e. The fourth-order valence-electron chi connectivity index (χ4n) is 4.32. The minimum Gasteiger partial charge on any atom is -0.305 e. The summed E-state index contributed by atoms with van der Waals surface area (Å²) in [4.78, 5) is 5.27. The molecule has 0 spiro atoms. The molecule has 2 fully saturated rings. The summed E-state index contributed by atoms with van der Waals surface area (Å²) in [5.74, 6) is 0. The van der Waals surface area contributed by atoms with Gasteiger partial charge in [0.1, 0.15) is 0 Å². The molecule has 2 heterocycles. The molecule has 0 aromatic carbocycles. The second kappa shape index (κ2) is 3.99. The van der Waals surface area contributed by atoms with Crippen molar-refractivity contribution in [3.05, 3.63) is 0 Å². The number of likely N-dealkylation sites (tertiary alicyclic amines) is 2. The van der Waals surface area contributed by atoms with Crippen LogP contribution in [0.3, 0.4) is 0 Å². The SMILES string of the molecule is CCC(C)N1CC2(C)CN(C)CC(C)(C1)C2. The van der Waals surface area contributed by atoms with Gasteiger partial charge in [-0.05, 0) is 37.6 Å². The fraction of sp³-hybridized carbons (Fsp3) is 1.00. The quantitative estimate of drug-likeness (QED) is 0.711. The molecule has 3 unspecified atom stereocenters. The summed E-state index contributed by atoms with van der Waals surface area (Å²) in [6, 6.07) is 0.752. The molecule has 3 atom stereocenters. The van der Waals surface area contributed by atoms with E-state index >= 15 is 0 Å². The van der Waals surface area contributed by atoms with Crippen molar-refractivity contribution >= 4 is 0 Å². The number of rotatable bonds is 2. The maximum Gasteiger partial charge on any atom is 0.00647 e. The molecular formula is C14H28N2. The highest BCUT2D eigenvalue weighted by Gasteiger charge is 2.47. The van der Waals surface area contributed by atoms with Crippen molar-refractivity contribution in [1.82, 2.24) is 9.80 Å². The largest absolute Gasteiger partial charge is 0.305 e. The molecule has 2 saturated heterocycles. The van der Waals surface area contributed by atoms with Crippen LogP contribution in [0, 0.1) is 10.8 Å². The molecule has 0 saturated carbocycles. The van der Waals surface area contributed by atoms with E-state index in [1.54, 1.807) is 0 Å². The zero-order valence-corrected chi connectivity index (χ0v) is 11.7. The molecule has 2 bridgehead atoms. The normalized spacial score (nSPS) is 43.3. The summed E-state index contributed by atoms with van der Waals surface area (Å²) in [5.41, 5.74) is 1.03. The Bertz CT molecular complexity index is 245. The molecule has 0 amide bonds. The predicted octanol–water partition coefficient (Wildman–Crippen LogP) is 2.45. The highest BCUT2D eigenvalue weighted by Crippen LogP contribution is 2.45. The summed E-state index contributed by atoms with van der Waals surface area (Å²) >= 11 is 0. The standard InChI is InChI=1S/C14H28N2/c1-6-12(2)16-10-13(3)7-14(4,11-16)9-15(5)8-13/h12H,6-11H2,1-5H3. The van der Waals surface area contributed by atoms with Gasteiger partial charge in [0.05, 0.1) is 0 Å². The number of piperidine rings is 2. The Kier molecular flexibility index (Phi) is 3.09. The lowest BCUT2D eigenvalue weighted by Gasteiger charge is -2.57. The zero-order valence-electron chi connectivity index (χ0n) is 11.7. The Morgan fingerprint density at radius 3 is 2.00 bits per heavy atom. The first-order valence-corrected chi connectivity index (χ1v) is 6.78. The van der Waals surface area contributed by atoms with E-state index in [-0.39, 0.29) is 0 Å². The van der Waals surface area contributed by atoms with Crippen LogP contribution < -0.4 is 0 Å². The van der Waals surface area contributed by atoms with Gasteiger partial charge in [-0.15, -0.1) is 0 Å². The zero-order chi connectivity index (χ0) is 12.0. The summed E-state index contributed by atoms with van der Waals surface area (Å²) < 4.78 is 0. The van der Waals surface area contributed by atoms with Crippen LogP contribution in [0.25, 0.3) is 0 Å². The first-order valence-electron chi connectivity index (χ1n) is 6.78. The van der Waals surface area contributed by atoms with Crippen molar-refractivity contribution in [3.63, 3.8) is 0 Å². The van der Waals surface area contributed by atoms with Crippen molar-refractivity contribution in [2.24, 2.45) is 10.8 Å². The number of hydrogen-bond acceptors (Lipinski definition) is 2. The molecule has 2 rings (SSSR count). The summed E-state index contributed by atoms with van der Waals surface area (Å²) in [5, 5.41) is 0. The van der Waals surface area contributed by atoms with Crippen LogP contribution in [0.1, 0.15) is 40.5 Å². The molecule has 2 heteroatoms. The van der Waals surface area contributed by atoms with Gasteiger partial charge in [-0.3, -0.25) is 4.90 Å². The number of fused-ring (bicyclic) bond motifs is 2. The lowest BCUT2D eigenvalue weighted by atomic mass is 9.65. The Labute approximate surface area is 101 Å². The molecule has 0 aromatic heterocycles. The van der Waals surface area contributed by atoms with Gasteiger partial charge in [0, 0.05) is 32.2 Å². The lowest BCUT2D eigenvalue weighted by Crippen LogP contribution is -2.62. The molecule has 94 valence electrons. The highest BCUT2D eigenvalue weighted by molar-refractivity contribution is 5.01. The number of hydrogen-bond donors (Lipinski definition) is 0. The second-order valence-corrected chi connectivity index (χ2v) is 7.13. The maximum atomic E-state index is 2.73. The number of nitrogens with zero attached hydrogens (tertiary/aromatic N) is 2. The van der Waals surface area contributed by atoms with Crippen molar-refractivity contribution in [3.8, 4) is 0 Å². The first kappa shape index (κ1) is 12.4. The van der Waals surface area contributed by atoms with E-state index in [1.807, 2.05) is 0 Å². The van der Waals surface area contributed by atoms with Gasteiger partial charge in [-0.25, -0.2) is 0 Å². The molecule has 16 heavy (non-hydrogen) atoms. The molecule has 0 aromatic rings. The van der Waals surface area contributed by atoms with Crippen molar-refractivity contribution in [2.75, 3.05) is 33.2 Å². The third kappa shape index (κ3) is 2.28. The fourth-order valence-corrected chi connectivity index (χ4v) is 4.32. The van der Waals surface area contributed by atoms with Gasteiger partial charge in [-0.2, -0.15) is 0 Å². The molecule has 0 aliphatic carbocycles. The Morgan fingerprint density at radius 1 is 1.06 bits per heavy atom. The average molecular weight is 224 g/mol. The van der Waals surface area contributed by atoms with Gasteiger partial charge < -0.3 is 4.90 Å².